The molecule has 8 nitrogen and oxygen atoms in total. The van der Waals surface area contributed by atoms with E-state index < -0.39 is 11.6 Å². The normalized spacial score (nSPS) is 16.5. The molecule has 1 amide bonds. The number of likely N-dealkylation sites (tertiary alicyclic amines) is 1. The van der Waals surface area contributed by atoms with Crippen molar-refractivity contribution in [2.24, 2.45) is 0 Å². The molecule has 1 aromatic heterocycles. The molecule has 0 atom stereocenters. The molecule has 1 saturated heterocycles. The minimum absolute atomic E-state index is 0.0232. The van der Waals surface area contributed by atoms with E-state index in [0.717, 1.165) is 5.56 Å². The van der Waals surface area contributed by atoms with Gasteiger partial charge >= 0.3 is 5.97 Å². The summed E-state index contributed by atoms with van der Waals surface area (Å²) in [7, 11) is 0. The van der Waals surface area contributed by atoms with E-state index in [1.807, 2.05) is 0 Å². The van der Waals surface area contributed by atoms with Crippen molar-refractivity contribution in [1.82, 2.24) is 15.0 Å². The van der Waals surface area contributed by atoms with Gasteiger partial charge in [0, 0.05) is 49.4 Å². The zero-order valence-electron chi connectivity index (χ0n) is 13.9. The van der Waals surface area contributed by atoms with Gasteiger partial charge in [-0.3, -0.25) is 4.79 Å². The van der Waals surface area contributed by atoms with Crippen LogP contribution in [0.2, 0.25) is 5.02 Å². The highest BCUT2D eigenvalue weighted by Crippen LogP contribution is 2.23. The maximum atomic E-state index is 12.3. The summed E-state index contributed by atoms with van der Waals surface area (Å²) in [6, 6.07) is 7.01. The summed E-state index contributed by atoms with van der Waals surface area (Å²) in [5.41, 5.74) is -0.976. The van der Waals surface area contributed by atoms with Crippen molar-refractivity contribution in [3.8, 4) is 11.4 Å². The van der Waals surface area contributed by atoms with Gasteiger partial charge in [-0.25, -0.2) is 4.79 Å². The van der Waals surface area contributed by atoms with Crippen LogP contribution in [0.15, 0.2) is 28.8 Å². The number of carboxylic acids is 1. The Kier molecular flexibility index (Phi) is 5.24. The molecule has 9 heteroatoms. The van der Waals surface area contributed by atoms with Gasteiger partial charge in [-0.05, 0) is 24.3 Å². The summed E-state index contributed by atoms with van der Waals surface area (Å²) in [6.07, 6.45) is 0.511. The van der Waals surface area contributed by atoms with E-state index in [4.69, 9.17) is 21.2 Å². The number of rotatable bonds is 5. The summed E-state index contributed by atoms with van der Waals surface area (Å²) < 4.78 is 5.17. The number of carbonyl (C=O) groups is 2. The van der Waals surface area contributed by atoms with Crippen LogP contribution in [0.3, 0.4) is 0 Å². The first-order valence-electron chi connectivity index (χ1n) is 8.19. The standard InChI is InChI=1S/C17H18ClN3O5/c18-12-3-1-11(2-4-12)15-19-13(26-20-15)5-6-14(22)21-9-7-17(25,8-10-21)16(23)24/h1-4,25H,5-10H2,(H,23,24). The average molecular weight is 380 g/mol. The minimum Gasteiger partial charge on any atom is -0.479 e. The Hall–Kier alpha value is -2.45. The number of aryl methyl sites for hydroxylation is 1. The summed E-state index contributed by atoms with van der Waals surface area (Å²) >= 11 is 5.84. The smallest absolute Gasteiger partial charge is 0.335 e. The van der Waals surface area contributed by atoms with Gasteiger partial charge in [0.05, 0.1) is 0 Å². The summed E-state index contributed by atoms with van der Waals surface area (Å²) in [4.78, 5) is 29.1. The van der Waals surface area contributed by atoms with Gasteiger partial charge in [0.15, 0.2) is 5.60 Å². The lowest BCUT2D eigenvalue weighted by Gasteiger charge is -2.35. The monoisotopic (exact) mass is 379 g/mol. The molecule has 1 aliphatic rings. The van der Waals surface area contributed by atoms with E-state index in [0.29, 0.717) is 23.2 Å². The molecule has 0 spiro atoms. The van der Waals surface area contributed by atoms with E-state index in [2.05, 4.69) is 10.1 Å². The molecule has 1 fully saturated rings. The number of nitrogens with zero attached hydrogens (tertiary/aromatic N) is 3. The molecule has 2 N–H and O–H groups in total. The second kappa shape index (κ2) is 7.43. The van der Waals surface area contributed by atoms with Crippen molar-refractivity contribution in [2.45, 2.75) is 31.3 Å². The number of carboxylic acid groups (broad SMARTS) is 1. The van der Waals surface area contributed by atoms with E-state index in [9.17, 15) is 14.7 Å². The number of carbonyl (C=O) groups excluding carboxylic acids is 1. The Balaban J connectivity index is 1.53. The third-order valence-electron chi connectivity index (χ3n) is 4.46. The van der Waals surface area contributed by atoms with Gasteiger partial charge in [0.2, 0.25) is 17.6 Å². The van der Waals surface area contributed by atoms with Crippen LogP contribution in [0.25, 0.3) is 11.4 Å². The van der Waals surface area contributed by atoms with E-state index in [1.165, 1.54) is 0 Å². The second-order valence-electron chi connectivity index (χ2n) is 6.24. The fourth-order valence-corrected chi connectivity index (χ4v) is 2.91. The first-order chi connectivity index (χ1) is 12.4. The van der Waals surface area contributed by atoms with E-state index in [1.54, 1.807) is 29.2 Å². The highest BCUT2D eigenvalue weighted by Gasteiger charge is 2.40. The first-order valence-corrected chi connectivity index (χ1v) is 8.57. The fraction of sp³-hybridized carbons (Fsp3) is 0.412. The van der Waals surface area contributed by atoms with Crippen molar-refractivity contribution in [3.63, 3.8) is 0 Å². The average Bonchev–Trinajstić information content (AvgIpc) is 3.10. The summed E-state index contributed by atoms with van der Waals surface area (Å²) in [6.45, 7) is 0.420. The number of aromatic nitrogens is 2. The van der Waals surface area contributed by atoms with E-state index in [-0.39, 0.29) is 38.3 Å². The molecule has 2 heterocycles. The molecule has 138 valence electrons. The molecule has 0 unspecified atom stereocenters. The third kappa shape index (κ3) is 4.03. The van der Waals surface area contributed by atoms with Gasteiger partial charge in [0.25, 0.3) is 0 Å². The predicted molar refractivity (Wildman–Crippen MR) is 91.5 cm³/mol. The topological polar surface area (TPSA) is 117 Å². The van der Waals surface area contributed by atoms with Crippen LogP contribution in [-0.4, -0.2) is 55.8 Å². The van der Waals surface area contributed by atoms with Crippen LogP contribution >= 0.6 is 11.6 Å². The molecule has 0 aliphatic carbocycles. The highest BCUT2D eigenvalue weighted by molar-refractivity contribution is 6.30. The number of halogens is 1. The molecule has 3 rings (SSSR count). The predicted octanol–water partition coefficient (Wildman–Crippen LogP) is 1.76. The molecule has 1 aromatic carbocycles. The van der Waals surface area contributed by atoms with Crippen LogP contribution in [-0.2, 0) is 16.0 Å². The molecular formula is C17H18ClN3O5. The lowest BCUT2D eigenvalue weighted by Crippen LogP contribution is -2.50. The van der Waals surface area contributed by atoms with Crippen LogP contribution in [0.5, 0.6) is 0 Å². The highest BCUT2D eigenvalue weighted by atomic mass is 35.5. The lowest BCUT2D eigenvalue weighted by molar-refractivity contribution is -0.165. The number of aliphatic carboxylic acids is 1. The third-order valence-corrected chi connectivity index (χ3v) is 4.72. The maximum Gasteiger partial charge on any atom is 0.335 e. The molecule has 1 aliphatic heterocycles. The zero-order valence-corrected chi connectivity index (χ0v) is 14.6. The maximum absolute atomic E-state index is 12.3. The van der Waals surface area contributed by atoms with Crippen LogP contribution < -0.4 is 0 Å². The number of piperidine rings is 1. The Labute approximate surface area is 154 Å². The fourth-order valence-electron chi connectivity index (χ4n) is 2.78. The van der Waals surface area contributed by atoms with Gasteiger partial charge in [-0.2, -0.15) is 4.98 Å². The Morgan fingerprint density at radius 2 is 1.88 bits per heavy atom. The van der Waals surface area contributed by atoms with Crippen molar-refractivity contribution in [3.05, 3.63) is 35.2 Å². The quantitative estimate of drug-likeness (QED) is 0.812. The van der Waals surface area contributed by atoms with Gasteiger partial charge < -0.3 is 19.6 Å². The molecule has 0 bridgehead atoms. The Bertz CT molecular complexity index is 797. The number of hydrogen-bond acceptors (Lipinski definition) is 6. The Morgan fingerprint density at radius 3 is 2.50 bits per heavy atom. The molecule has 2 aromatic rings. The minimum atomic E-state index is -1.74. The molecular weight excluding hydrogens is 362 g/mol. The lowest BCUT2D eigenvalue weighted by atomic mass is 9.91. The van der Waals surface area contributed by atoms with Crippen molar-refractivity contribution >= 4 is 23.5 Å². The number of hydrogen-bond donors (Lipinski definition) is 2. The number of amides is 1. The Morgan fingerprint density at radius 1 is 1.23 bits per heavy atom. The molecule has 0 radical (unpaired) electrons. The first kappa shape index (κ1) is 18.3. The van der Waals surface area contributed by atoms with Gasteiger partial charge in [0.1, 0.15) is 0 Å². The van der Waals surface area contributed by atoms with Gasteiger partial charge in [-0.15, -0.1) is 0 Å². The van der Waals surface area contributed by atoms with Crippen LogP contribution in [0, 0.1) is 0 Å². The SMILES string of the molecule is O=C(CCc1nc(-c2ccc(Cl)cc2)no1)N1CCC(O)(C(=O)O)CC1. The molecule has 26 heavy (non-hydrogen) atoms. The number of aliphatic hydroxyl groups is 1. The van der Waals surface area contributed by atoms with Crippen LogP contribution in [0.4, 0.5) is 0 Å². The van der Waals surface area contributed by atoms with Crippen molar-refractivity contribution in [2.75, 3.05) is 13.1 Å². The van der Waals surface area contributed by atoms with E-state index >= 15 is 0 Å². The molecule has 0 saturated carbocycles. The van der Waals surface area contributed by atoms with Crippen molar-refractivity contribution < 1.29 is 24.3 Å². The largest absolute Gasteiger partial charge is 0.479 e. The zero-order chi connectivity index (χ0) is 18.7. The summed E-state index contributed by atoms with van der Waals surface area (Å²) in [5.74, 6) is -0.607. The van der Waals surface area contributed by atoms with Gasteiger partial charge in [-0.1, -0.05) is 16.8 Å². The van der Waals surface area contributed by atoms with Crippen LogP contribution in [0.1, 0.15) is 25.2 Å². The second-order valence-corrected chi connectivity index (χ2v) is 6.67. The summed E-state index contributed by atoms with van der Waals surface area (Å²) in [5, 5.41) is 23.4. The number of benzene rings is 1. The van der Waals surface area contributed by atoms with Crippen molar-refractivity contribution in [1.29, 1.82) is 0 Å².